The van der Waals surface area contributed by atoms with Crippen molar-refractivity contribution < 1.29 is 24.5 Å². The number of rotatable bonds is 1. The van der Waals surface area contributed by atoms with Crippen LogP contribution in [0.5, 0.6) is 0 Å². The average molecular weight is 332 g/mol. The molecular weight excluding hydrogens is 308 g/mol. The molecule has 5 nitrogen and oxygen atoms in total. The molecular formula is C19H24O5. The molecule has 1 aromatic heterocycles. The van der Waals surface area contributed by atoms with Gasteiger partial charge in [0.1, 0.15) is 0 Å². The van der Waals surface area contributed by atoms with E-state index in [4.69, 9.17) is 4.42 Å². The zero-order valence-corrected chi connectivity index (χ0v) is 14.1. The van der Waals surface area contributed by atoms with Crippen molar-refractivity contribution in [3.63, 3.8) is 0 Å². The van der Waals surface area contributed by atoms with Crippen LogP contribution in [-0.2, 0) is 16.6 Å². The van der Waals surface area contributed by atoms with E-state index in [1.54, 1.807) is 19.5 Å². The molecule has 130 valence electrons. The maximum atomic E-state index is 12.4. The number of ketones is 1. The Hall–Kier alpha value is -1.59. The first-order chi connectivity index (χ1) is 11.3. The van der Waals surface area contributed by atoms with E-state index in [2.05, 4.69) is 0 Å². The molecule has 0 aliphatic heterocycles. The first kappa shape index (κ1) is 15.9. The van der Waals surface area contributed by atoms with Crippen LogP contribution in [0.15, 0.2) is 28.3 Å². The standard InChI is InChI=1S/C19H24O5/c1-11-16(22)14(21)7-17(2)15-4-3-12-8-24-9-13(12)18(15,10-20)5-6-19(11,17)23/h8-9,15,20,22-23H,3-7,10H2,1-2H3/t15-,17-,18-,19?/m1/s1. The number of aliphatic hydroxyl groups is 3. The number of furan rings is 1. The number of carbonyl (C=O) groups excluding carboxylic acids is 1. The van der Waals surface area contributed by atoms with E-state index in [1.165, 1.54) is 0 Å². The predicted octanol–water partition coefficient (Wildman–Crippen LogP) is 2.41. The third-order valence-corrected chi connectivity index (χ3v) is 7.34. The number of allylic oxidation sites excluding steroid dienone is 1. The van der Waals surface area contributed by atoms with E-state index in [1.807, 2.05) is 6.92 Å². The molecule has 3 aliphatic carbocycles. The lowest BCUT2D eigenvalue weighted by molar-refractivity contribution is -0.170. The molecule has 4 atom stereocenters. The van der Waals surface area contributed by atoms with Crippen molar-refractivity contribution in [2.24, 2.45) is 11.3 Å². The molecule has 3 N–H and O–H groups in total. The summed E-state index contributed by atoms with van der Waals surface area (Å²) < 4.78 is 5.41. The lowest BCUT2D eigenvalue weighted by atomic mass is 9.42. The molecule has 0 radical (unpaired) electrons. The van der Waals surface area contributed by atoms with Gasteiger partial charge in [-0.3, -0.25) is 4.79 Å². The summed E-state index contributed by atoms with van der Waals surface area (Å²) in [7, 11) is 0. The van der Waals surface area contributed by atoms with Gasteiger partial charge in [0, 0.05) is 28.4 Å². The Kier molecular flexibility index (Phi) is 3.14. The van der Waals surface area contributed by atoms with Crippen LogP contribution >= 0.6 is 0 Å². The second kappa shape index (κ2) is 4.73. The minimum Gasteiger partial charge on any atom is -0.504 e. The summed E-state index contributed by atoms with van der Waals surface area (Å²) in [6, 6.07) is 0. The summed E-state index contributed by atoms with van der Waals surface area (Å²) in [4.78, 5) is 12.4. The Morgan fingerprint density at radius 1 is 1.33 bits per heavy atom. The third-order valence-electron chi connectivity index (χ3n) is 7.34. The summed E-state index contributed by atoms with van der Waals surface area (Å²) in [5, 5.41) is 31.9. The van der Waals surface area contributed by atoms with Crippen LogP contribution in [0.4, 0.5) is 0 Å². The predicted molar refractivity (Wildman–Crippen MR) is 86.5 cm³/mol. The fourth-order valence-electron chi connectivity index (χ4n) is 5.91. The van der Waals surface area contributed by atoms with Gasteiger partial charge in [0.25, 0.3) is 0 Å². The van der Waals surface area contributed by atoms with Crippen molar-refractivity contribution in [3.8, 4) is 0 Å². The van der Waals surface area contributed by atoms with Gasteiger partial charge in [-0.2, -0.15) is 0 Å². The van der Waals surface area contributed by atoms with Gasteiger partial charge in [0.05, 0.1) is 24.7 Å². The van der Waals surface area contributed by atoms with E-state index < -0.39 is 16.4 Å². The maximum absolute atomic E-state index is 12.4. The zero-order valence-electron chi connectivity index (χ0n) is 14.1. The highest BCUT2D eigenvalue weighted by atomic mass is 16.3. The number of aliphatic hydroxyl groups excluding tert-OH is 2. The zero-order chi connectivity index (χ0) is 17.3. The topological polar surface area (TPSA) is 90.9 Å². The molecule has 0 saturated heterocycles. The number of Topliss-reactive ketones (excluding diaryl/α,β-unsaturated/α-hetero) is 1. The summed E-state index contributed by atoms with van der Waals surface area (Å²) in [6.45, 7) is 3.57. The molecule has 5 heteroatoms. The van der Waals surface area contributed by atoms with Crippen molar-refractivity contribution in [2.75, 3.05) is 6.61 Å². The Morgan fingerprint density at radius 3 is 2.79 bits per heavy atom. The molecule has 0 amide bonds. The normalized spacial score (nSPS) is 41.7. The molecule has 1 aromatic rings. The number of hydrogen-bond acceptors (Lipinski definition) is 5. The van der Waals surface area contributed by atoms with Gasteiger partial charge in [-0.05, 0) is 44.1 Å². The fraction of sp³-hybridized carbons (Fsp3) is 0.632. The van der Waals surface area contributed by atoms with Crippen molar-refractivity contribution in [3.05, 3.63) is 35.0 Å². The lowest BCUT2D eigenvalue weighted by Crippen LogP contribution is -2.66. The van der Waals surface area contributed by atoms with Gasteiger partial charge in [-0.25, -0.2) is 0 Å². The molecule has 1 fully saturated rings. The van der Waals surface area contributed by atoms with E-state index in [0.717, 1.165) is 24.0 Å². The Bertz CT molecular complexity index is 747. The highest BCUT2D eigenvalue weighted by Gasteiger charge is 2.66. The van der Waals surface area contributed by atoms with Gasteiger partial charge in [0.15, 0.2) is 11.5 Å². The monoisotopic (exact) mass is 332 g/mol. The minimum absolute atomic E-state index is 0.0290. The SMILES string of the molecule is CC1=C(O)C(=O)C[C@]2(C)[C@H]3CCc4cocc4[C@]3(CO)CCC12O. The number of fused-ring (bicyclic) bond motifs is 5. The summed E-state index contributed by atoms with van der Waals surface area (Å²) in [5.41, 5.74) is 0.104. The summed E-state index contributed by atoms with van der Waals surface area (Å²) in [5.74, 6) is -0.650. The Labute approximate surface area is 141 Å². The number of hydrogen-bond donors (Lipinski definition) is 3. The van der Waals surface area contributed by atoms with Crippen LogP contribution in [0.2, 0.25) is 0 Å². The van der Waals surface area contributed by atoms with Gasteiger partial charge in [-0.15, -0.1) is 0 Å². The van der Waals surface area contributed by atoms with Crippen molar-refractivity contribution in [1.82, 2.24) is 0 Å². The molecule has 1 heterocycles. The third kappa shape index (κ3) is 1.60. The minimum atomic E-state index is -1.21. The first-order valence-electron chi connectivity index (χ1n) is 8.62. The van der Waals surface area contributed by atoms with E-state index in [0.29, 0.717) is 18.4 Å². The van der Waals surface area contributed by atoms with E-state index in [-0.39, 0.29) is 30.5 Å². The summed E-state index contributed by atoms with van der Waals surface area (Å²) >= 11 is 0. The highest BCUT2D eigenvalue weighted by Crippen LogP contribution is 2.65. The van der Waals surface area contributed by atoms with Crippen LogP contribution in [0.3, 0.4) is 0 Å². The quantitative estimate of drug-likeness (QED) is 0.735. The average Bonchev–Trinajstić information content (AvgIpc) is 3.05. The number of aryl methyl sites for hydroxylation is 1. The van der Waals surface area contributed by atoms with Crippen LogP contribution in [0.25, 0.3) is 0 Å². The van der Waals surface area contributed by atoms with Gasteiger partial charge in [0.2, 0.25) is 0 Å². The Morgan fingerprint density at radius 2 is 2.08 bits per heavy atom. The fourth-order valence-corrected chi connectivity index (χ4v) is 5.91. The van der Waals surface area contributed by atoms with E-state index >= 15 is 0 Å². The van der Waals surface area contributed by atoms with Gasteiger partial charge in [-0.1, -0.05) is 6.92 Å². The molecule has 1 saturated carbocycles. The molecule has 4 rings (SSSR count). The second-order valence-corrected chi connectivity index (χ2v) is 8.07. The molecule has 0 spiro atoms. The highest BCUT2D eigenvalue weighted by molar-refractivity contribution is 5.96. The molecule has 1 unspecified atom stereocenters. The van der Waals surface area contributed by atoms with Gasteiger partial charge < -0.3 is 19.7 Å². The van der Waals surface area contributed by atoms with E-state index in [9.17, 15) is 20.1 Å². The Balaban J connectivity index is 1.91. The molecule has 0 bridgehead atoms. The second-order valence-electron chi connectivity index (χ2n) is 8.07. The summed E-state index contributed by atoms with van der Waals surface area (Å²) in [6.07, 6.45) is 6.18. The van der Waals surface area contributed by atoms with Crippen molar-refractivity contribution in [1.29, 1.82) is 0 Å². The molecule has 3 aliphatic rings. The van der Waals surface area contributed by atoms with Crippen LogP contribution in [0, 0.1) is 11.3 Å². The molecule has 24 heavy (non-hydrogen) atoms. The van der Waals surface area contributed by atoms with Crippen LogP contribution < -0.4 is 0 Å². The van der Waals surface area contributed by atoms with Crippen LogP contribution in [-0.4, -0.2) is 33.3 Å². The lowest BCUT2D eigenvalue weighted by Gasteiger charge is -2.63. The maximum Gasteiger partial charge on any atom is 0.197 e. The van der Waals surface area contributed by atoms with Crippen molar-refractivity contribution >= 4 is 5.78 Å². The smallest absolute Gasteiger partial charge is 0.197 e. The van der Waals surface area contributed by atoms with Crippen molar-refractivity contribution in [2.45, 2.75) is 57.0 Å². The molecule has 0 aromatic carbocycles. The van der Waals surface area contributed by atoms with Crippen LogP contribution in [0.1, 0.15) is 50.7 Å². The number of carbonyl (C=O) groups is 1. The first-order valence-corrected chi connectivity index (χ1v) is 8.62. The largest absolute Gasteiger partial charge is 0.504 e. The van der Waals surface area contributed by atoms with Gasteiger partial charge >= 0.3 is 0 Å².